The van der Waals surface area contributed by atoms with Crippen LogP contribution < -0.4 is 4.72 Å². The zero-order chi connectivity index (χ0) is 17.4. The first-order valence-corrected chi connectivity index (χ1v) is 10.1. The maximum Gasteiger partial charge on any atom is 0.261 e. The third kappa shape index (κ3) is 3.10. The molecule has 1 aromatic heterocycles. The number of benzene rings is 2. The molecule has 4 nitrogen and oxygen atoms in total. The van der Waals surface area contributed by atoms with Crippen molar-refractivity contribution in [3.05, 3.63) is 64.8 Å². The molecule has 0 aliphatic heterocycles. The van der Waals surface area contributed by atoms with Gasteiger partial charge in [-0.05, 0) is 55.5 Å². The van der Waals surface area contributed by atoms with Crippen LogP contribution in [-0.2, 0) is 22.9 Å². The zero-order valence-corrected chi connectivity index (χ0v) is 15.1. The summed E-state index contributed by atoms with van der Waals surface area (Å²) in [4.78, 5) is 4.90. The number of nitrogens with zero attached hydrogens (tertiary/aromatic N) is 1. The van der Waals surface area contributed by atoms with Crippen molar-refractivity contribution in [1.29, 1.82) is 0 Å². The lowest BCUT2D eigenvalue weighted by Gasteiger charge is -2.21. The van der Waals surface area contributed by atoms with E-state index in [0.29, 0.717) is 10.7 Å². The van der Waals surface area contributed by atoms with Crippen LogP contribution in [0.3, 0.4) is 0 Å². The topological polar surface area (TPSA) is 59.1 Å². The van der Waals surface area contributed by atoms with Gasteiger partial charge in [0.05, 0.1) is 16.1 Å². The smallest absolute Gasteiger partial charge is 0.261 e. The van der Waals surface area contributed by atoms with Crippen LogP contribution in [0.2, 0.25) is 5.02 Å². The van der Waals surface area contributed by atoms with Crippen molar-refractivity contribution in [3.63, 3.8) is 0 Å². The van der Waals surface area contributed by atoms with Crippen LogP contribution in [0.4, 0.5) is 5.69 Å². The Balaban J connectivity index is 1.89. The Bertz CT molecular complexity index is 1060. The highest BCUT2D eigenvalue weighted by molar-refractivity contribution is 7.92. The fourth-order valence-corrected chi connectivity index (χ4v) is 4.73. The third-order valence-corrected chi connectivity index (χ3v) is 6.09. The summed E-state index contributed by atoms with van der Waals surface area (Å²) < 4.78 is 28.6. The largest absolute Gasteiger partial charge is 0.279 e. The summed E-state index contributed by atoms with van der Waals surface area (Å²) >= 11 is 5.96. The minimum atomic E-state index is -3.72. The van der Waals surface area contributed by atoms with Crippen LogP contribution in [0.5, 0.6) is 0 Å². The Morgan fingerprint density at radius 3 is 2.64 bits per heavy atom. The second-order valence-electron chi connectivity index (χ2n) is 6.20. The number of sulfonamides is 1. The van der Waals surface area contributed by atoms with Crippen molar-refractivity contribution in [2.75, 3.05) is 4.72 Å². The van der Waals surface area contributed by atoms with Crippen LogP contribution in [0, 0.1) is 0 Å². The Morgan fingerprint density at radius 1 is 1.00 bits per heavy atom. The molecule has 6 heteroatoms. The van der Waals surface area contributed by atoms with E-state index in [9.17, 15) is 8.42 Å². The summed E-state index contributed by atoms with van der Waals surface area (Å²) in [6, 6.07) is 13.9. The minimum absolute atomic E-state index is 0.158. The van der Waals surface area contributed by atoms with Crippen LogP contribution in [-0.4, -0.2) is 13.4 Å². The van der Waals surface area contributed by atoms with Gasteiger partial charge in [-0.15, -0.1) is 0 Å². The van der Waals surface area contributed by atoms with E-state index in [4.69, 9.17) is 16.6 Å². The van der Waals surface area contributed by atoms with E-state index in [2.05, 4.69) is 4.72 Å². The van der Waals surface area contributed by atoms with E-state index >= 15 is 0 Å². The van der Waals surface area contributed by atoms with Crippen LogP contribution in [0.15, 0.2) is 53.4 Å². The molecule has 0 atom stereocenters. The number of nitrogens with one attached hydrogen (secondary N) is 1. The summed E-state index contributed by atoms with van der Waals surface area (Å²) in [5, 5.41) is 1.22. The first kappa shape index (κ1) is 16.4. The van der Waals surface area contributed by atoms with Crippen molar-refractivity contribution in [2.24, 2.45) is 0 Å². The lowest BCUT2D eigenvalue weighted by atomic mass is 9.93. The molecular formula is C19H17ClN2O2S. The third-order valence-electron chi connectivity index (χ3n) is 4.51. The Labute approximate surface area is 151 Å². The Morgan fingerprint density at radius 2 is 1.80 bits per heavy atom. The molecule has 0 amide bonds. The Kier molecular flexibility index (Phi) is 4.13. The molecular weight excluding hydrogens is 356 g/mol. The number of aromatic nitrogens is 1. The second-order valence-corrected chi connectivity index (χ2v) is 8.32. The number of aryl methyl sites for hydroxylation is 1. The molecule has 0 bridgehead atoms. The van der Waals surface area contributed by atoms with E-state index in [1.54, 1.807) is 18.2 Å². The van der Waals surface area contributed by atoms with Gasteiger partial charge in [-0.25, -0.2) is 8.42 Å². The number of anilines is 1. The first-order chi connectivity index (χ1) is 12.0. The summed E-state index contributed by atoms with van der Waals surface area (Å²) in [5.41, 5.74) is 3.47. The fourth-order valence-electron chi connectivity index (χ4n) is 3.32. The van der Waals surface area contributed by atoms with Crippen molar-refractivity contribution in [2.45, 2.75) is 30.6 Å². The van der Waals surface area contributed by atoms with E-state index in [1.807, 2.05) is 24.3 Å². The molecule has 0 saturated carbocycles. The van der Waals surface area contributed by atoms with Gasteiger partial charge in [0, 0.05) is 16.1 Å². The average molecular weight is 373 g/mol. The van der Waals surface area contributed by atoms with Gasteiger partial charge in [0.2, 0.25) is 0 Å². The highest BCUT2D eigenvalue weighted by atomic mass is 35.5. The fraction of sp³-hybridized carbons (Fsp3) is 0.211. The van der Waals surface area contributed by atoms with Gasteiger partial charge in [-0.3, -0.25) is 9.71 Å². The normalized spacial score (nSPS) is 14.3. The number of pyridine rings is 1. The van der Waals surface area contributed by atoms with Crippen molar-refractivity contribution < 1.29 is 8.42 Å². The van der Waals surface area contributed by atoms with Gasteiger partial charge in [0.25, 0.3) is 10.0 Å². The van der Waals surface area contributed by atoms with Crippen LogP contribution in [0.1, 0.15) is 24.1 Å². The molecule has 1 aliphatic rings. The van der Waals surface area contributed by atoms with Crippen molar-refractivity contribution >= 4 is 38.2 Å². The highest BCUT2D eigenvalue weighted by Gasteiger charge is 2.22. The maximum atomic E-state index is 12.9. The molecule has 0 spiro atoms. The lowest BCUT2D eigenvalue weighted by Crippen LogP contribution is -2.17. The number of hydrogen-bond donors (Lipinski definition) is 1. The second kappa shape index (κ2) is 6.32. The van der Waals surface area contributed by atoms with E-state index in [1.165, 1.54) is 6.07 Å². The summed E-state index contributed by atoms with van der Waals surface area (Å²) in [5.74, 6) is 0. The molecule has 1 heterocycles. The highest BCUT2D eigenvalue weighted by Crippen LogP contribution is 2.34. The first-order valence-electron chi connectivity index (χ1n) is 8.23. The lowest BCUT2D eigenvalue weighted by molar-refractivity contribution is 0.601. The average Bonchev–Trinajstić information content (AvgIpc) is 2.61. The maximum absolute atomic E-state index is 12.9. The minimum Gasteiger partial charge on any atom is -0.279 e. The predicted octanol–water partition coefficient (Wildman–Crippen LogP) is 4.57. The molecule has 0 radical (unpaired) electrons. The molecule has 128 valence electrons. The van der Waals surface area contributed by atoms with Gasteiger partial charge in [0.15, 0.2) is 0 Å². The molecule has 4 rings (SSSR count). The summed E-state index contributed by atoms with van der Waals surface area (Å²) in [6.07, 6.45) is 3.84. The van der Waals surface area contributed by atoms with Gasteiger partial charge in [-0.1, -0.05) is 35.9 Å². The molecule has 1 aliphatic carbocycles. The molecule has 1 N–H and O–H groups in total. The van der Waals surface area contributed by atoms with E-state index < -0.39 is 10.0 Å². The van der Waals surface area contributed by atoms with Gasteiger partial charge in [-0.2, -0.15) is 0 Å². The molecule has 0 saturated heterocycles. The molecule has 0 fully saturated rings. The van der Waals surface area contributed by atoms with Gasteiger partial charge < -0.3 is 0 Å². The number of hydrogen-bond acceptors (Lipinski definition) is 3. The van der Waals surface area contributed by atoms with Gasteiger partial charge in [0.1, 0.15) is 0 Å². The molecule has 3 aromatic rings. The predicted molar refractivity (Wildman–Crippen MR) is 101 cm³/mol. The molecule has 0 unspecified atom stereocenters. The molecule has 25 heavy (non-hydrogen) atoms. The standard InChI is InChI=1S/C19H17ClN2O2S/c20-13-6-5-7-14(12-13)25(23,24)22-19-15-8-1-3-10-17(15)21-18-11-4-2-9-16(18)19/h1,3,5-8,10,12H,2,4,9,11H2,(H,21,22). The van der Waals surface area contributed by atoms with Crippen molar-refractivity contribution in [3.8, 4) is 0 Å². The zero-order valence-electron chi connectivity index (χ0n) is 13.5. The van der Waals surface area contributed by atoms with Gasteiger partial charge >= 0.3 is 0 Å². The monoisotopic (exact) mass is 372 g/mol. The number of rotatable bonds is 3. The quantitative estimate of drug-likeness (QED) is 0.732. The number of halogens is 1. The Hall–Kier alpha value is -2.11. The van der Waals surface area contributed by atoms with Crippen molar-refractivity contribution in [1.82, 2.24) is 4.98 Å². The summed E-state index contributed by atoms with van der Waals surface area (Å²) in [7, 11) is -3.72. The van der Waals surface area contributed by atoms with Crippen LogP contribution >= 0.6 is 11.6 Å². The van der Waals surface area contributed by atoms with Crippen LogP contribution in [0.25, 0.3) is 10.9 Å². The number of fused-ring (bicyclic) bond motifs is 2. The van der Waals surface area contributed by atoms with E-state index in [-0.39, 0.29) is 4.90 Å². The summed E-state index contributed by atoms with van der Waals surface area (Å²) in [6.45, 7) is 0. The molecule has 2 aromatic carbocycles. The SMILES string of the molecule is O=S(=O)(Nc1c2c(nc3ccccc13)CCCC2)c1cccc(Cl)c1. The number of para-hydroxylation sites is 1. The van der Waals surface area contributed by atoms with E-state index in [0.717, 1.165) is 47.8 Å².